The molecule has 0 bridgehead atoms. The van der Waals surface area contributed by atoms with Gasteiger partial charge in [0.15, 0.2) is 0 Å². The van der Waals surface area contributed by atoms with Gasteiger partial charge in [0.1, 0.15) is 6.04 Å². The minimum absolute atomic E-state index is 0.0120. The van der Waals surface area contributed by atoms with Crippen molar-refractivity contribution < 1.29 is 23.1 Å². The van der Waals surface area contributed by atoms with E-state index >= 15 is 0 Å². The summed E-state index contributed by atoms with van der Waals surface area (Å²) < 4.78 is 31.0. The van der Waals surface area contributed by atoms with Crippen LogP contribution in [0.4, 0.5) is 0 Å². The molecule has 1 fully saturated rings. The standard InChI is InChI=1S/C13H26N2O5S/c1-4-12(13(16)17)14-5-7-15(8-6-14)21(18,19)10-9-20-11(2)3/h11-12H,4-10H2,1-3H3,(H,16,17). The van der Waals surface area contributed by atoms with Crippen LogP contribution in [0.25, 0.3) is 0 Å². The first-order valence-electron chi connectivity index (χ1n) is 7.34. The van der Waals surface area contributed by atoms with Crippen LogP contribution in [0.3, 0.4) is 0 Å². The Morgan fingerprint density at radius 3 is 2.24 bits per heavy atom. The fourth-order valence-corrected chi connectivity index (χ4v) is 3.69. The summed E-state index contributed by atoms with van der Waals surface area (Å²) in [4.78, 5) is 13.0. The molecule has 1 aliphatic heterocycles. The summed E-state index contributed by atoms with van der Waals surface area (Å²) in [5, 5.41) is 9.13. The topological polar surface area (TPSA) is 87.2 Å². The summed E-state index contributed by atoms with van der Waals surface area (Å²) >= 11 is 0. The predicted octanol–water partition coefficient (Wildman–Crippen LogP) is 0.222. The van der Waals surface area contributed by atoms with E-state index in [9.17, 15) is 13.2 Å². The molecule has 0 saturated carbocycles. The van der Waals surface area contributed by atoms with Crippen LogP contribution in [0.5, 0.6) is 0 Å². The second-order valence-electron chi connectivity index (χ2n) is 5.43. The Morgan fingerprint density at radius 2 is 1.81 bits per heavy atom. The number of carboxylic acids is 1. The van der Waals surface area contributed by atoms with Crippen molar-refractivity contribution in [3.8, 4) is 0 Å². The number of piperazine rings is 1. The highest BCUT2D eigenvalue weighted by atomic mass is 32.2. The zero-order valence-corrected chi connectivity index (χ0v) is 13.8. The number of carbonyl (C=O) groups is 1. The van der Waals surface area contributed by atoms with Crippen LogP contribution in [-0.2, 0) is 19.6 Å². The number of sulfonamides is 1. The lowest BCUT2D eigenvalue weighted by Gasteiger charge is -2.36. The Labute approximate surface area is 126 Å². The normalized spacial score (nSPS) is 19.8. The fourth-order valence-electron chi connectivity index (χ4n) is 2.40. The van der Waals surface area contributed by atoms with Gasteiger partial charge in [-0.25, -0.2) is 8.42 Å². The van der Waals surface area contributed by atoms with Crippen molar-refractivity contribution >= 4 is 16.0 Å². The Kier molecular flexibility index (Phi) is 7.05. The molecule has 0 radical (unpaired) electrons. The predicted molar refractivity (Wildman–Crippen MR) is 79.7 cm³/mol. The van der Waals surface area contributed by atoms with Crippen molar-refractivity contribution in [3.05, 3.63) is 0 Å². The molecule has 0 amide bonds. The van der Waals surface area contributed by atoms with Crippen molar-refractivity contribution in [1.82, 2.24) is 9.21 Å². The van der Waals surface area contributed by atoms with Gasteiger partial charge in [-0.1, -0.05) is 6.92 Å². The molecule has 1 heterocycles. The zero-order valence-electron chi connectivity index (χ0n) is 13.0. The highest BCUT2D eigenvalue weighted by Crippen LogP contribution is 2.13. The molecule has 1 unspecified atom stereocenters. The van der Waals surface area contributed by atoms with Crippen molar-refractivity contribution in [2.24, 2.45) is 0 Å². The van der Waals surface area contributed by atoms with E-state index in [0.29, 0.717) is 32.6 Å². The van der Waals surface area contributed by atoms with Crippen molar-refractivity contribution in [1.29, 1.82) is 0 Å². The monoisotopic (exact) mass is 322 g/mol. The lowest BCUT2D eigenvalue weighted by Crippen LogP contribution is -2.54. The van der Waals surface area contributed by atoms with Crippen LogP contribution in [0.1, 0.15) is 27.2 Å². The van der Waals surface area contributed by atoms with Gasteiger partial charge in [-0.2, -0.15) is 4.31 Å². The first-order chi connectivity index (χ1) is 9.77. The Hall–Kier alpha value is -0.700. The smallest absolute Gasteiger partial charge is 0.320 e. The van der Waals surface area contributed by atoms with Gasteiger partial charge >= 0.3 is 5.97 Å². The van der Waals surface area contributed by atoms with E-state index < -0.39 is 22.0 Å². The van der Waals surface area contributed by atoms with Crippen LogP contribution in [0.15, 0.2) is 0 Å². The van der Waals surface area contributed by atoms with E-state index in [4.69, 9.17) is 9.84 Å². The summed E-state index contributed by atoms with van der Waals surface area (Å²) in [6.07, 6.45) is 0.530. The summed E-state index contributed by atoms with van der Waals surface area (Å²) in [6, 6.07) is -0.529. The van der Waals surface area contributed by atoms with Crippen LogP contribution in [-0.4, -0.2) is 79.4 Å². The third-order valence-corrected chi connectivity index (χ3v) is 5.41. The third-order valence-electron chi connectivity index (χ3n) is 3.57. The number of hydrogen-bond donors (Lipinski definition) is 1. The first kappa shape index (κ1) is 18.3. The molecule has 21 heavy (non-hydrogen) atoms. The summed E-state index contributed by atoms with van der Waals surface area (Å²) in [5.41, 5.74) is 0. The molecule has 0 aromatic rings. The van der Waals surface area contributed by atoms with E-state index in [0.717, 1.165) is 0 Å². The van der Waals surface area contributed by atoms with Crippen LogP contribution in [0.2, 0.25) is 0 Å². The highest BCUT2D eigenvalue weighted by Gasteiger charge is 2.31. The van der Waals surface area contributed by atoms with E-state index in [2.05, 4.69) is 0 Å². The Bertz CT molecular complexity index is 430. The Morgan fingerprint density at radius 1 is 1.24 bits per heavy atom. The number of hydrogen-bond acceptors (Lipinski definition) is 5. The van der Waals surface area contributed by atoms with Gasteiger partial charge in [0.05, 0.1) is 18.5 Å². The molecule has 0 spiro atoms. The largest absolute Gasteiger partial charge is 0.480 e. The fraction of sp³-hybridized carbons (Fsp3) is 0.923. The van der Waals surface area contributed by atoms with Crippen LogP contribution >= 0.6 is 0 Å². The van der Waals surface area contributed by atoms with Crippen molar-refractivity contribution in [2.45, 2.75) is 39.3 Å². The molecule has 1 rings (SSSR count). The highest BCUT2D eigenvalue weighted by molar-refractivity contribution is 7.89. The molecule has 1 atom stereocenters. The lowest BCUT2D eigenvalue weighted by atomic mass is 10.1. The summed E-state index contributed by atoms with van der Waals surface area (Å²) in [7, 11) is -3.32. The van der Waals surface area contributed by atoms with Gasteiger partial charge in [-0.3, -0.25) is 9.69 Å². The molecule has 1 N–H and O–H groups in total. The molecule has 1 aliphatic rings. The Balaban J connectivity index is 2.49. The zero-order chi connectivity index (χ0) is 16.0. The molecule has 0 aromatic carbocycles. The molecule has 0 aromatic heterocycles. The maximum absolute atomic E-state index is 12.2. The number of rotatable bonds is 8. The number of ether oxygens (including phenoxy) is 1. The first-order valence-corrected chi connectivity index (χ1v) is 8.95. The molecular weight excluding hydrogens is 296 g/mol. The average Bonchev–Trinajstić information content (AvgIpc) is 2.39. The van der Waals surface area contributed by atoms with Gasteiger partial charge in [-0.05, 0) is 20.3 Å². The van der Waals surface area contributed by atoms with E-state index in [1.807, 2.05) is 25.7 Å². The number of aliphatic carboxylic acids is 1. The van der Waals surface area contributed by atoms with Gasteiger partial charge in [0.2, 0.25) is 10.0 Å². The van der Waals surface area contributed by atoms with E-state index in [1.54, 1.807) is 0 Å². The molecular formula is C13H26N2O5S. The maximum Gasteiger partial charge on any atom is 0.320 e. The van der Waals surface area contributed by atoms with Crippen LogP contribution < -0.4 is 0 Å². The van der Waals surface area contributed by atoms with Gasteiger partial charge in [0, 0.05) is 26.2 Å². The van der Waals surface area contributed by atoms with Gasteiger partial charge in [-0.15, -0.1) is 0 Å². The maximum atomic E-state index is 12.2. The lowest BCUT2D eigenvalue weighted by molar-refractivity contribution is -0.143. The third kappa shape index (κ3) is 5.54. The van der Waals surface area contributed by atoms with Crippen LogP contribution in [0, 0.1) is 0 Å². The second-order valence-corrected chi connectivity index (χ2v) is 7.52. The van der Waals surface area contributed by atoms with Gasteiger partial charge in [0.25, 0.3) is 0 Å². The molecule has 124 valence electrons. The van der Waals surface area contributed by atoms with Gasteiger partial charge < -0.3 is 9.84 Å². The summed E-state index contributed by atoms with van der Waals surface area (Å²) in [5.74, 6) is -0.874. The SMILES string of the molecule is CCC(C(=O)O)N1CCN(S(=O)(=O)CCOC(C)C)CC1. The molecule has 1 saturated heterocycles. The average molecular weight is 322 g/mol. The van der Waals surface area contributed by atoms with Crippen molar-refractivity contribution in [2.75, 3.05) is 38.5 Å². The minimum atomic E-state index is -3.32. The van der Waals surface area contributed by atoms with Crippen molar-refractivity contribution in [3.63, 3.8) is 0 Å². The summed E-state index contributed by atoms with van der Waals surface area (Å²) in [6.45, 7) is 7.33. The molecule has 8 heteroatoms. The van der Waals surface area contributed by atoms with E-state index in [1.165, 1.54) is 4.31 Å². The minimum Gasteiger partial charge on any atom is -0.480 e. The number of nitrogens with zero attached hydrogens (tertiary/aromatic N) is 2. The quantitative estimate of drug-likeness (QED) is 0.688. The second kappa shape index (κ2) is 8.07. The molecule has 7 nitrogen and oxygen atoms in total. The number of carboxylic acid groups (broad SMARTS) is 1. The molecule has 0 aliphatic carbocycles. The van der Waals surface area contributed by atoms with E-state index in [-0.39, 0.29) is 18.5 Å².